The van der Waals surface area contributed by atoms with Crippen LogP contribution in [0.15, 0.2) is 42.5 Å². The topological polar surface area (TPSA) is 75.5 Å². The fourth-order valence-corrected chi connectivity index (χ4v) is 3.38. The normalized spacial score (nSPS) is 15.5. The van der Waals surface area contributed by atoms with Crippen LogP contribution in [0.4, 0.5) is 11.4 Å². The number of nitro benzene ring substituents is 1. The fourth-order valence-electron chi connectivity index (χ4n) is 3.38. The van der Waals surface area contributed by atoms with E-state index in [2.05, 4.69) is 17.1 Å². The third kappa shape index (κ3) is 4.92. The van der Waals surface area contributed by atoms with Crippen molar-refractivity contribution in [3.63, 3.8) is 0 Å². The van der Waals surface area contributed by atoms with Gasteiger partial charge in [-0.1, -0.05) is 19.1 Å². The quantitative estimate of drug-likeness (QED) is 0.628. The van der Waals surface area contributed by atoms with E-state index in [-0.39, 0.29) is 11.6 Å². The molecule has 1 amide bonds. The van der Waals surface area contributed by atoms with Gasteiger partial charge in [-0.15, -0.1) is 0 Å². The number of piperidine rings is 1. The van der Waals surface area contributed by atoms with Gasteiger partial charge in [0.1, 0.15) is 0 Å². The van der Waals surface area contributed by atoms with Gasteiger partial charge in [-0.05, 0) is 68.6 Å². The zero-order chi connectivity index (χ0) is 19.4. The van der Waals surface area contributed by atoms with Crippen LogP contribution in [0.5, 0.6) is 0 Å². The summed E-state index contributed by atoms with van der Waals surface area (Å²) in [5.74, 6) is 0.549. The maximum Gasteiger partial charge on any atom is 0.272 e. The van der Waals surface area contributed by atoms with Gasteiger partial charge in [0.2, 0.25) is 0 Å². The van der Waals surface area contributed by atoms with E-state index in [1.807, 2.05) is 24.3 Å². The second-order valence-corrected chi connectivity index (χ2v) is 7.37. The summed E-state index contributed by atoms with van der Waals surface area (Å²) in [6, 6.07) is 12.3. The van der Waals surface area contributed by atoms with Crippen molar-refractivity contribution < 1.29 is 9.72 Å². The van der Waals surface area contributed by atoms with Gasteiger partial charge in [-0.2, -0.15) is 0 Å². The SMILES string of the molecule is Cc1cc(C(=O)Nc2ccc(CN3CCC(C)CC3)cc2)ccc1[N+](=O)[O-]. The van der Waals surface area contributed by atoms with Crippen LogP contribution in [0, 0.1) is 23.0 Å². The first kappa shape index (κ1) is 19.0. The molecule has 1 aliphatic rings. The van der Waals surface area contributed by atoms with Gasteiger partial charge in [0, 0.05) is 29.4 Å². The molecule has 1 fully saturated rings. The molecule has 1 N–H and O–H groups in total. The number of nitro groups is 1. The summed E-state index contributed by atoms with van der Waals surface area (Å²) >= 11 is 0. The van der Waals surface area contributed by atoms with Crippen LogP contribution in [-0.4, -0.2) is 28.8 Å². The van der Waals surface area contributed by atoms with E-state index in [0.29, 0.717) is 16.8 Å². The Morgan fingerprint density at radius 3 is 2.44 bits per heavy atom. The molecule has 6 heteroatoms. The Morgan fingerprint density at radius 2 is 1.85 bits per heavy atom. The third-order valence-corrected chi connectivity index (χ3v) is 5.15. The Labute approximate surface area is 159 Å². The maximum atomic E-state index is 12.4. The van der Waals surface area contributed by atoms with Crippen LogP contribution in [0.25, 0.3) is 0 Å². The number of carbonyl (C=O) groups excluding carboxylic acids is 1. The van der Waals surface area contributed by atoms with Crippen LogP contribution in [0.3, 0.4) is 0 Å². The number of hydrogen-bond acceptors (Lipinski definition) is 4. The van der Waals surface area contributed by atoms with E-state index < -0.39 is 4.92 Å². The largest absolute Gasteiger partial charge is 0.322 e. The molecule has 0 atom stereocenters. The van der Waals surface area contributed by atoms with Crippen LogP contribution >= 0.6 is 0 Å². The average Bonchev–Trinajstić information content (AvgIpc) is 2.64. The van der Waals surface area contributed by atoms with E-state index in [0.717, 1.165) is 25.6 Å². The second kappa shape index (κ2) is 8.31. The highest BCUT2D eigenvalue weighted by Crippen LogP contribution is 2.21. The predicted molar refractivity (Wildman–Crippen MR) is 106 cm³/mol. The fraction of sp³-hybridized carbons (Fsp3) is 0.381. The molecule has 0 aromatic heterocycles. The monoisotopic (exact) mass is 367 g/mol. The number of carbonyl (C=O) groups is 1. The van der Waals surface area contributed by atoms with Crippen molar-refractivity contribution in [3.8, 4) is 0 Å². The Hall–Kier alpha value is -2.73. The molecule has 6 nitrogen and oxygen atoms in total. The second-order valence-electron chi connectivity index (χ2n) is 7.37. The number of hydrogen-bond donors (Lipinski definition) is 1. The summed E-state index contributed by atoms with van der Waals surface area (Å²) < 4.78 is 0. The minimum absolute atomic E-state index is 0.0167. The van der Waals surface area contributed by atoms with Gasteiger partial charge < -0.3 is 5.32 Å². The molecule has 27 heavy (non-hydrogen) atoms. The van der Waals surface area contributed by atoms with Crippen molar-refractivity contribution in [1.82, 2.24) is 4.90 Å². The Bertz CT molecular complexity index is 825. The maximum absolute atomic E-state index is 12.4. The molecule has 0 unspecified atom stereocenters. The first-order valence-electron chi connectivity index (χ1n) is 9.30. The minimum atomic E-state index is -0.446. The van der Waals surface area contributed by atoms with Gasteiger partial charge in [0.05, 0.1) is 4.92 Å². The summed E-state index contributed by atoms with van der Waals surface area (Å²) in [6.45, 7) is 7.15. The number of likely N-dealkylation sites (tertiary alicyclic amines) is 1. The molecule has 142 valence electrons. The summed E-state index contributed by atoms with van der Waals surface area (Å²) in [5.41, 5.74) is 2.84. The number of rotatable bonds is 5. The smallest absolute Gasteiger partial charge is 0.272 e. The summed E-state index contributed by atoms with van der Waals surface area (Å²) in [4.78, 5) is 25.3. The molecular weight excluding hydrogens is 342 g/mol. The molecule has 0 radical (unpaired) electrons. The van der Waals surface area contributed by atoms with Crippen LogP contribution < -0.4 is 5.32 Å². The lowest BCUT2D eigenvalue weighted by molar-refractivity contribution is -0.385. The van der Waals surface area contributed by atoms with Crippen molar-refractivity contribution in [3.05, 3.63) is 69.3 Å². The molecule has 3 rings (SSSR count). The molecule has 0 spiro atoms. The van der Waals surface area contributed by atoms with Crippen molar-refractivity contribution in [1.29, 1.82) is 0 Å². The van der Waals surface area contributed by atoms with Gasteiger partial charge in [-0.25, -0.2) is 0 Å². The van der Waals surface area contributed by atoms with Crippen molar-refractivity contribution in [2.24, 2.45) is 5.92 Å². The molecule has 0 saturated carbocycles. The zero-order valence-corrected chi connectivity index (χ0v) is 15.8. The van der Waals surface area contributed by atoms with E-state index >= 15 is 0 Å². The van der Waals surface area contributed by atoms with E-state index in [1.54, 1.807) is 13.0 Å². The number of aryl methyl sites for hydroxylation is 1. The van der Waals surface area contributed by atoms with E-state index in [1.165, 1.54) is 30.5 Å². The first-order chi connectivity index (χ1) is 12.9. The third-order valence-electron chi connectivity index (χ3n) is 5.15. The molecule has 1 saturated heterocycles. The van der Waals surface area contributed by atoms with E-state index in [9.17, 15) is 14.9 Å². The lowest BCUT2D eigenvalue weighted by Crippen LogP contribution is -2.32. The van der Waals surface area contributed by atoms with Crippen LogP contribution in [-0.2, 0) is 6.54 Å². The molecule has 0 bridgehead atoms. The first-order valence-corrected chi connectivity index (χ1v) is 9.30. The molecule has 0 aliphatic carbocycles. The average molecular weight is 367 g/mol. The molecule has 1 heterocycles. The van der Waals surface area contributed by atoms with Crippen LogP contribution in [0.2, 0.25) is 0 Å². The van der Waals surface area contributed by atoms with Gasteiger partial charge in [-0.3, -0.25) is 19.8 Å². The Kier molecular flexibility index (Phi) is 5.86. The summed E-state index contributed by atoms with van der Waals surface area (Å²) in [5, 5.41) is 13.7. The lowest BCUT2D eigenvalue weighted by atomic mass is 9.99. The predicted octanol–water partition coefficient (Wildman–Crippen LogP) is 4.39. The lowest BCUT2D eigenvalue weighted by Gasteiger charge is -2.30. The van der Waals surface area contributed by atoms with Gasteiger partial charge in [0.15, 0.2) is 0 Å². The number of benzene rings is 2. The summed E-state index contributed by atoms with van der Waals surface area (Å²) in [6.07, 6.45) is 2.51. The Balaban J connectivity index is 1.60. The summed E-state index contributed by atoms with van der Waals surface area (Å²) in [7, 11) is 0. The van der Waals surface area contributed by atoms with Crippen molar-refractivity contribution >= 4 is 17.3 Å². The standard InChI is InChI=1S/C21H25N3O3/c1-15-9-11-23(12-10-15)14-17-3-6-19(7-4-17)22-21(25)18-5-8-20(24(26)27)16(2)13-18/h3-8,13,15H,9-12,14H2,1-2H3,(H,22,25). The number of nitrogens with zero attached hydrogens (tertiary/aromatic N) is 2. The number of amides is 1. The number of nitrogens with one attached hydrogen (secondary N) is 1. The molecular formula is C21H25N3O3. The molecule has 1 aliphatic heterocycles. The van der Waals surface area contributed by atoms with Crippen LogP contribution in [0.1, 0.15) is 41.3 Å². The molecule has 2 aromatic rings. The molecule has 2 aromatic carbocycles. The highest BCUT2D eigenvalue weighted by molar-refractivity contribution is 6.04. The number of anilines is 1. The van der Waals surface area contributed by atoms with Gasteiger partial charge in [0.25, 0.3) is 11.6 Å². The van der Waals surface area contributed by atoms with Crippen molar-refractivity contribution in [2.75, 3.05) is 18.4 Å². The van der Waals surface area contributed by atoms with Crippen molar-refractivity contribution in [2.45, 2.75) is 33.2 Å². The zero-order valence-electron chi connectivity index (χ0n) is 15.8. The Morgan fingerprint density at radius 1 is 1.19 bits per heavy atom. The highest BCUT2D eigenvalue weighted by atomic mass is 16.6. The van der Waals surface area contributed by atoms with Gasteiger partial charge >= 0.3 is 0 Å². The van der Waals surface area contributed by atoms with E-state index in [4.69, 9.17) is 0 Å². The minimum Gasteiger partial charge on any atom is -0.322 e. The highest BCUT2D eigenvalue weighted by Gasteiger charge is 2.16.